The molecule has 4 N–H and O–H groups in total. The van der Waals surface area contributed by atoms with E-state index in [1.54, 1.807) is 0 Å². The summed E-state index contributed by atoms with van der Waals surface area (Å²) in [5.74, 6) is -1.94. The number of fused-ring (bicyclic) bond motifs is 3. The third kappa shape index (κ3) is 6.14. The van der Waals surface area contributed by atoms with Crippen molar-refractivity contribution < 1.29 is 29.3 Å². The van der Waals surface area contributed by atoms with Crippen LogP contribution in [0.4, 0.5) is 4.79 Å². The zero-order chi connectivity index (χ0) is 24.7. The van der Waals surface area contributed by atoms with Gasteiger partial charge in [-0.25, -0.2) is 9.59 Å². The van der Waals surface area contributed by atoms with Crippen LogP contribution in [0.25, 0.3) is 11.1 Å². The molecule has 0 heterocycles. The number of benzene rings is 2. The number of aliphatic carboxylic acids is 1. The summed E-state index contributed by atoms with van der Waals surface area (Å²) in [7, 11) is 0. The molecule has 0 saturated carbocycles. The Hall–Kier alpha value is -3.39. The topological polar surface area (TPSA) is 125 Å². The Labute approximate surface area is 199 Å². The minimum Gasteiger partial charge on any atom is -0.479 e. The van der Waals surface area contributed by atoms with E-state index in [-0.39, 0.29) is 18.9 Å². The molecule has 8 nitrogen and oxygen atoms in total. The quantitative estimate of drug-likeness (QED) is 0.400. The lowest BCUT2D eigenvalue weighted by Crippen LogP contribution is -2.48. The predicted molar refractivity (Wildman–Crippen MR) is 127 cm³/mol. The number of amides is 2. The van der Waals surface area contributed by atoms with Gasteiger partial charge in [0.25, 0.3) is 0 Å². The number of carboxylic acid groups (broad SMARTS) is 1. The van der Waals surface area contributed by atoms with Crippen LogP contribution >= 0.6 is 0 Å². The third-order valence-electron chi connectivity index (χ3n) is 6.09. The highest BCUT2D eigenvalue weighted by molar-refractivity contribution is 5.81. The molecule has 0 fully saturated rings. The van der Waals surface area contributed by atoms with Crippen LogP contribution in [0.1, 0.15) is 56.6 Å². The number of nitrogens with one attached hydrogen (secondary N) is 2. The van der Waals surface area contributed by atoms with Crippen LogP contribution in [0.2, 0.25) is 0 Å². The van der Waals surface area contributed by atoms with Crippen molar-refractivity contribution in [1.82, 2.24) is 10.6 Å². The van der Waals surface area contributed by atoms with Crippen LogP contribution in [0.3, 0.4) is 0 Å². The van der Waals surface area contributed by atoms with E-state index >= 15 is 0 Å². The molecule has 0 saturated heterocycles. The number of carbonyl (C=O) groups excluding carboxylic acids is 2. The molecular weight excluding hydrogens is 436 g/mol. The van der Waals surface area contributed by atoms with E-state index in [0.29, 0.717) is 6.42 Å². The molecule has 2 unspecified atom stereocenters. The van der Waals surface area contributed by atoms with E-state index in [9.17, 15) is 19.5 Å². The van der Waals surface area contributed by atoms with Crippen LogP contribution < -0.4 is 10.6 Å². The molecule has 8 heteroatoms. The van der Waals surface area contributed by atoms with Crippen LogP contribution in [0.15, 0.2) is 48.5 Å². The number of unbranched alkanes of at least 4 members (excludes halogenated alkanes) is 1. The number of carboxylic acids is 1. The van der Waals surface area contributed by atoms with Gasteiger partial charge in [-0.3, -0.25) is 4.79 Å². The van der Waals surface area contributed by atoms with E-state index in [1.165, 1.54) is 0 Å². The molecule has 0 aliphatic heterocycles. The predicted octanol–water partition coefficient (Wildman–Crippen LogP) is 3.43. The number of rotatable bonds is 11. The zero-order valence-electron chi connectivity index (χ0n) is 19.5. The van der Waals surface area contributed by atoms with Crippen LogP contribution in [-0.4, -0.2) is 53.0 Å². The van der Waals surface area contributed by atoms with E-state index < -0.39 is 36.2 Å². The van der Waals surface area contributed by atoms with Crippen molar-refractivity contribution in [1.29, 1.82) is 0 Å². The summed E-state index contributed by atoms with van der Waals surface area (Å²) in [6, 6.07) is 15.7. The van der Waals surface area contributed by atoms with Crippen molar-refractivity contribution in [2.45, 2.75) is 57.1 Å². The van der Waals surface area contributed by atoms with Crippen molar-refractivity contribution in [3.05, 3.63) is 59.7 Å². The maximum atomic E-state index is 12.6. The Balaban J connectivity index is 1.58. The van der Waals surface area contributed by atoms with Gasteiger partial charge in [-0.05, 0) is 35.6 Å². The average Bonchev–Trinajstić information content (AvgIpc) is 3.13. The molecule has 2 aromatic rings. The first-order valence-corrected chi connectivity index (χ1v) is 11.6. The largest absolute Gasteiger partial charge is 0.479 e. The SMILES string of the molecule is CCCCC(CC(=O)NCC(C)(O)C(=O)O)NC(=O)OCC1c2ccccc2-c2ccccc21. The summed E-state index contributed by atoms with van der Waals surface area (Å²) >= 11 is 0. The van der Waals surface area contributed by atoms with Crippen LogP contribution in [0.5, 0.6) is 0 Å². The van der Waals surface area contributed by atoms with Crippen molar-refractivity contribution in [2.24, 2.45) is 0 Å². The van der Waals surface area contributed by atoms with E-state index in [0.717, 1.165) is 42.0 Å². The van der Waals surface area contributed by atoms with Gasteiger partial charge in [-0.1, -0.05) is 68.3 Å². The van der Waals surface area contributed by atoms with Crippen molar-refractivity contribution in [3.63, 3.8) is 0 Å². The molecule has 1 aliphatic rings. The molecule has 0 bridgehead atoms. The summed E-state index contributed by atoms with van der Waals surface area (Å²) in [6.07, 6.45) is 1.61. The molecule has 2 amide bonds. The van der Waals surface area contributed by atoms with Crippen molar-refractivity contribution >= 4 is 18.0 Å². The minimum absolute atomic E-state index is 0.0418. The van der Waals surface area contributed by atoms with Gasteiger partial charge in [-0.2, -0.15) is 0 Å². The highest BCUT2D eigenvalue weighted by Gasteiger charge is 2.31. The summed E-state index contributed by atoms with van der Waals surface area (Å²) in [5, 5.41) is 23.9. The van der Waals surface area contributed by atoms with Gasteiger partial charge in [0.1, 0.15) is 6.61 Å². The Morgan fingerprint density at radius 3 is 2.21 bits per heavy atom. The molecule has 0 spiro atoms. The number of alkyl carbamates (subject to hydrolysis) is 1. The molecule has 1 aliphatic carbocycles. The fraction of sp³-hybridized carbons (Fsp3) is 0.423. The molecule has 182 valence electrons. The molecule has 2 aromatic carbocycles. The summed E-state index contributed by atoms with van der Waals surface area (Å²) < 4.78 is 5.58. The molecule has 0 radical (unpaired) electrons. The zero-order valence-corrected chi connectivity index (χ0v) is 19.5. The van der Waals surface area contributed by atoms with Crippen LogP contribution in [-0.2, 0) is 14.3 Å². The first kappa shape index (κ1) is 25.2. The number of ether oxygens (including phenoxy) is 1. The molecular formula is C26H32N2O6. The number of hydrogen-bond acceptors (Lipinski definition) is 5. The minimum atomic E-state index is -2.06. The lowest BCUT2D eigenvalue weighted by atomic mass is 9.98. The Kier molecular flexibility index (Phi) is 8.28. The van der Waals surface area contributed by atoms with Gasteiger partial charge >= 0.3 is 12.1 Å². The highest BCUT2D eigenvalue weighted by atomic mass is 16.5. The molecule has 0 aromatic heterocycles. The number of carbonyl (C=O) groups is 3. The third-order valence-corrected chi connectivity index (χ3v) is 6.09. The standard InChI is InChI=1S/C26H32N2O6/c1-3-4-9-17(14-23(29)27-16-26(2,33)24(30)31)28-25(32)34-15-22-20-12-7-5-10-18(20)19-11-6-8-13-21(19)22/h5-8,10-13,17,22,33H,3-4,9,14-16H2,1-2H3,(H,27,29)(H,28,32)(H,30,31). The number of hydrogen-bond donors (Lipinski definition) is 4. The molecule has 34 heavy (non-hydrogen) atoms. The first-order chi connectivity index (χ1) is 16.2. The lowest BCUT2D eigenvalue weighted by Gasteiger charge is -2.21. The van der Waals surface area contributed by atoms with E-state index in [2.05, 4.69) is 22.8 Å². The highest BCUT2D eigenvalue weighted by Crippen LogP contribution is 2.44. The summed E-state index contributed by atoms with van der Waals surface area (Å²) in [5.41, 5.74) is 2.45. The summed E-state index contributed by atoms with van der Waals surface area (Å²) in [4.78, 5) is 35.9. The smallest absolute Gasteiger partial charge is 0.407 e. The van der Waals surface area contributed by atoms with E-state index in [4.69, 9.17) is 9.84 Å². The maximum Gasteiger partial charge on any atom is 0.407 e. The Bertz CT molecular complexity index is 990. The van der Waals surface area contributed by atoms with Crippen molar-refractivity contribution in [3.8, 4) is 11.1 Å². The van der Waals surface area contributed by atoms with Gasteiger partial charge in [0, 0.05) is 18.4 Å². The Morgan fingerprint density at radius 2 is 1.65 bits per heavy atom. The number of aliphatic hydroxyl groups is 1. The second-order valence-corrected chi connectivity index (χ2v) is 8.87. The second-order valence-electron chi connectivity index (χ2n) is 8.87. The normalized spacial score (nSPS) is 14.9. The van der Waals surface area contributed by atoms with Gasteiger partial charge in [0.15, 0.2) is 5.60 Å². The fourth-order valence-electron chi connectivity index (χ4n) is 4.12. The molecule has 2 atom stereocenters. The van der Waals surface area contributed by atoms with E-state index in [1.807, 2.05) is 43.3 Å². The first-order valence-electron chi connectivity index (χ1n) is 11.6. The molecule has 3 rings (SSSR count). The fourth-order valence-corrected chi connectivity index (χ4v) is 4.12. The summed E-state index contributed by atoms with van der Waals surface area (Å²) in [6.45, 7) is 2.87. The van der Waals surface area contributed by atoms with Gasteiger partial charge < -0.3 is 25.6 Å². The van der Waals surface area contributed by atoms with Gasteiger partial charge in [0.05, 0.1) is 6.54 Å². The van der Waals surface area contributed by atoms with Crippen LogP contribution in [0, 0.1) is 0 Å². The second kappa shape index (κ2) is 11.2. The van der Waals surface area contributed by atoms with Crippen molar-refractivity contribution in [2.75, 3.05) is 13.2 Å². The van der Waals surface area contributed by atoms with Gasteiger partial charge in [0.2, 0.25) is 5.91 Å². The monoisotopic (exact) mass is 468 g/mol. The van der Waals surface area contributed by atoms with Gasteiger partial charge in [-0.15, -0.1) is 0 Å². The maximum absolute atomic E-state index is 12.6. The average molecular weight is 469 g/mol. The lowest BCUT2D eigenvalue weighted by molar-refractivity contribution is -0.156. The Morgan fingerprint density at radius 1 is 1.06 bits per heavy atom.